The lowest BCUT2D eigenvalue weighted by atomic mass is 10.1. The quantitative estimate of drug-likeness (QED) is 0.610. The molecule has 5 nitrogen and oxygen atoms in total. The lowest BCUT2D eigenvalue weighted by Gasteiger charge is -2.15. The summed E-state index contributed by atoms with van der Waals surface area (Å²) in [6.45, 7) is 2.16. The number of hydrogen-bond acceptors (Lipinski definition) is 5. The number of para-hydroxylation sites is 2. The van der Waals surface area contributed by atoms with Gasteiger partial charge >= 0.3 is 6.18 Å². The molecule has 0 fully saturated rings. The minimum atomic E-state index is -4.46. The van der Waals surface area contributed by atoms with Gasteiger partial charge in [-0.05, 0) is 25.1 Å². The highest BCUT2D eigenvalue weighted by Crippen LogP contribution is 2.35. The molecule has 0 atom stereocenters. The van der Waals surface area contributed by atoms with Crippen molar-refractivity contribution in [2.75, 3.05) is 17.7 Å². The number of aromatic nitrogens is 2. The number of aryl methyl sites for hydroxylation is 1. The van der Waals surface area contributed by atoms with E-state index in [0.29, 0.717) is 18.2 Å². The Morgan fingerprint density at radius 3 is 2.46 bits per heavy atom. The molecule has 0 radical (unpaired) electrons. The number of rotatable bonds is 6. The topological polar surface area (TPSA) is 59.1 Å². The minimum Gasteiger partial charge on any atom is -0.496 e. The normalized spacial score (nSPS) is 11.2. The van der Waals surface area contributed by atoms with Crippen molar-refractivity contribution >= 4 is 17.5 Å². The molecular formula is C20H19F3N4O. The molecule has 0 amide bonds. The van der Waals surface area contributed by atoms with Gasteiger partial charge in [0.2, 0.25) is 5.95 Å². The zero-order valence-corrected chi connectivity index (χ0v) is 15.3. The van der Waals surface area contributed by atoms with E-state index in [-0.39, 0.29) is 11.5 Å². The third kappa shape index (κ3) is 4.70. The summed E-state index contributed by atoms with van der Waals surface area (Å²) in [5, 5.41) is 5.83. The Morgan fingerprint density at radius 1 is 1.00 bits per heavy atom. The average molecular weight is 388 g/mol. The van der Waals surface area contributed by atoms with Gasteiger partial charge in [0, 0.05) is 23.9 Å². The van der Waals surface area contributed by atoms with Crippen molar-refractivity contribution in [3.05, 3.63) is 71.4 Å². The molecule has 0 saturated heterocycles. The van der Waals surface area contributed by atoms with Crippen LogP contribution < -0.4 is 15.4 Å². The van der Waals surface area contributed by atoms with E-state index in [4.69, 9.17) is 4.74 Å². The fourth-order valence-electron chi connectivity index (χ4n) is 2.71. The molecule has 8 heteroatoms. The first-order chi connectivity index (χ1) is 13.4. The molecular weight excluding hydrogens is 369 g/mol. The molecule has 3 aromatic rings. The summed E-state index contributed by atoms with van der Waals surface area (Å²) in [4.78, 5) is 8.57. The maximum absolute atomic E-state index is 13.2. The van der Waals surface area contributed by atoms with Gasteiger partial charge in [0.15, 0.2) is 0 Å². The molecule has 0 spiro atoms. The molecule has 0 bridgehead atoms. The first-order valence-corrected chi connectivity index (χ1v) is 8.51. The van der Waals surface area contributed by atoms with Gasteiger partial charge < -0.3 is 15.4 Å². The molecule has 0 aliphatic carbocycles. The molecule has 0 unspecified atom stereocenters. The van der Waals surface area contributed by atoms with Crippen LogP contribution in [0.3, 0.4) is 0 Å². The number of nitrogens with zero attached hydrogens (tertiary/aromatic N) is 2. The molecule has 1 heterocycles. The fourth-order valence-corrected chi connectivity index (χ4v) is 2.71. The molecule has 2 N–H and O–H groups in total. The fraction of sp³-hybridized carbons (Fsp3) is 0.200. The van der Waals surface area contributed by atoms with Crippen molar-refractivity contribution in [2.24, 2.45) is 0 Å². The summed E-state index contributed by atoms with van der Waals surface area (Å²) in [6, 6.07) is 14.4. The largest absolute Gasteiger partial charge is 0.496 e. The molecule has 0 aliphatic heterocycles. The first-order valence-electron chi connectivity index (χ1n) is 8.51. The summed E-state index contributed by atoms with van der Waals surface area (Å²) in [6.07, 6.45) is -4.46. The van der Waals surface area contributed by atoms with E-state index < -0.39 is 11.7 Å². The minimum absolute atomic E-state index is 0.0659. The first kappa shape index (κ1) is 19.5. The van der Waals surface area contributed by atoms with Gasteiger partial charge in [0.1, 0.15) is 11.6 Å². The Bertz CT molecular complexity index is 960. The summed E-state index contributed by atoms with van der Waals surface area (Å²) in [5.41, 5.74) is 0.704. The lowest BCUT2D eigenvalue weighted by molar-refractivity contribution is -0.136. The highest BCUT2D eigenvalue weighted by molar-refractivity contribution is 5.62. The van der Waals surface area contributed by atoms with Crippen LogP contribution in [0.25, 0.3) is 0 Å². The predicted molar refractivity (Wildman–Crippen MR) is 102 cm³/mol. The van der Waals surface area contributed by atoms with Gasteiger partial charge in [0.05, 0.1) is 18.4 Å². The second-order valence-corrected chi connectivity index (χ2v) is 6.05. The molecule has 146 valence electrons. The molecule has 0 saturated carbocycles. The number of alkyl halides is 3. The van der Waals surface area contributed by atoms with Crippen molar-refractivity contribution in [2.45, 2.75) is 19.6 Å². The molecule has 1 aromatic heterocycles. The van der Waals surface area contributed by atoms with Crippen LogP contribution in [0.4, 0.5) is 30.6 Å². The van der Waals surface area contributed by atoms with E-state index in [0.717, 1.165) is 17.4 Å². The van der Waals surface area contributed by atoms with Crippen LogP contribution in [0.5, 0.6) is 5.75 Å². The van der Waals surface area contributed by atoms with Crippen LogP contribution in [-0.4, -0.2) is 17.1 Å². The molecule has 0 aliphatic rings. The van der Waals surface area contributed by atoms with E-state index in [1.165, 1.54) is 18.2 Å². The Balaban J connectivity index is 1.81. The molecule has 28 heavy (non-hydrogen) atoms. The number of nitrogens with one attached hydrogen (secondary N) is 2. The molecule has 3 rings (SSSR count). The van der Waals surface area contributed by atoms with Gasteiger partial charge in [-0.2, -0.15) is 18.2 Å². The third-order valence-electron chi connectivity index (χ3n) is 3.98. The van der Waals surface area contributed by atoms with Crippen LogP contribution >= 0.6 is 0 Å². The van der Waals surface area contributed by atoms with E-state index in [1.807, 2.05) is 24.3 Å². The SMILES string of the molecule is COc1ccccc1CNc1nc(C)cc(Nc2ccccc2C(F)(F)F)n1. The number of hydrogen-bond donors (Lipinski definition) is 2. The number of ether oxygens (including phenoxy) is 1. The predicted octanol–water partition coefficient (Wildman–Crippen LogP) is 5.17. The van der Waals surface area contributed by atoms with Gasteiger partial charge in [-0.25, -0.2) is 4.98 Å². The zero-order chi connectivity index (χ0) is 20.1. The summed E-state index contributed by atoms with van der Waals surface area (Å²) in [5.74, 6) is 1.30. The third-order valence-corrected chi connectivity index (χ3v) is 3.98. The second kappa shape index (κ2) is 8.16. The Hall–Kier alpha value is -3.29. The number of methoxy groups -OCH3 is 1. The van der Waals surface area contributed by atoms with Crippen LogP contribution in [0.2, 0.25) is 0 Å². The van der Waals surface area contributed by atoms with Gasteiger partial charge in [-0.1, -0.05) is 30.3 Å². The Labute approximate surface area is 160 Å². The number of anilines is 3. The van der Waals surface area contributed by atoms with Crippen molar-refractivity contribution in [3.63, 3.8) is 0 Å². The van der Waals surface area contributed by atoms with Crippen molar-refractivity contribution < 1.29 is 17.9 Å². The van der Waals surface area contributed by atoms with Gasteiger partial charge in [-0.3, -0.25) is 0 Å². The smallest absolute Gasteiger partial charge is 0.418 e. The van der Waals surface area contributed by atoms with Gasteiger partial charge in [-0.15, -0.1) is 0 Å². The highest BCUT2D eigenvalue weighted by atomic mass is 19.4. The second-order valence-electron chi connectivity index (χ2n) is 6.05. The van der Waals surface area contributed by atoms with Crippen molar-refractivity contribution in [1.82, 2.24) is 9.97 Å². The maximum atomic E-state index is 13.2. The van der Waals surface area contributed by atoms with E-state index in [1.54, 1.807) is 20.1 Å². The van der Waals surface area contributed by atoms with Crippen LogP contribution in [-0.2, 0) is 12.7 Å². The maximum Gasteiger partial charge on any atom is 0.418 e. The lowest BCUT2D eigenvalue weighted by Crippen LogP contribution is -2.10. The monoisotopic (exact) mass is 388 g/mol. The summed E-state index contributed by atoms with van der Waals surface area (Å²) >= 11 is 0. The zero-order valence-electron chi connectivity index (χ0n) is 15.3. The Morgan fingerprint density at radius 2 is 1.71 bits per heavy atom. The van der Waals surface area contributed by atoms with Crippen LogP contribution in [0, 0.1) is 6.92 Å². The standard InChI is InChI=1S/C20H19F3N4O/c1-13-11-18(26-16-9-5-4-8-15(16)20(21,22)23)27-19(25-13)24-12-14-7-3-6-10-17(14)28-2/h3-11H,12H2,1-2H3,(H2,24,25,26,27). The summed E-state index contributed by atoms with van der Waals surface area (Å²) in [7, 11) is 1.59. The Kier molecular flexibility index (Phi) is 5.67. The van der Waals surface area contributed by atoms with E-state index in [2.05, 4.69) is 20.6 Å². The van der Waals surface area contributed by atoms with Crippen LogP contribution in [0.1, 0.15) is 16.8 Å². The van der Waals surface area contributed by atoms with E-state index in [9.17, 15) is 13.2 Å². The molecule has 2 aromatic carbocycles. The highest BCUT2D eigenvalue weighted by Gasteiger charge is 2.33. The van der Waals surface area contributed by atoms with E-state index >= 15 is 0 Å². The van der Waals surface area contributed by atoms with Crippen LogP contribution in [0.15, 0.2) is 54.6 Å². The summed E-state index contributed by atoms with van der Waals surface area (Å²) < 4.78 is 44.9. The average Bonchev–Trinajstić information content (AvgIpc) is 2.66. The van der Waals surface area contributed by atoms with Crippen molar-refractivity contribution in [3.8, 4) is 5.75 Å². The number of halogens is 3. The van der Waals surface area contributed by atoms with Gasteiger partial charge in [0.25, 0.3) is 0 Å². The number of benzene rings is 2. The van der Waals surface area contributed by atoms with Crippen molar-refractivity contribution in [1.29, 1.82) is 0 Å².